The van der Waals surface area contributed by atoms with Crippen LogP contribution in [0.3, 0.4) is 0 Å². The summed E-state index contributed by atoms with van der Waals surface area (Å²) in [6.07, 6.45) is 7.00. The van der Waals surface area contributed by atoms with Crippen molar-refractivity contribution in [3.05, 3.63) is 34.4 Å². The van der Waals surface area contributed by atoms with E-state index in [1.807, 2.05) is 0 Å². The lowest BCUT2D eigenvalue weighted by atomic mass is 10.2. The highest BCUT2D eigenvalue weighted by Gasteiger charge is 2.11. The van der Waals surface area contributed by atoms with Gasteiger partial charge >= 0.3 is 0 Å². The number of benzene rings is 1. The van der Waals surface area contributed by atoms with E-state index in [-0.39, 0.29) is 0 Å². The molecule has 0 fully saturated rings. The second-order valence-corrected chi connectivity index (χ2v) is 4.33. The monoisotopic (exact) mass is 261 g/mol. The van der Waals surface area contributed by atoms with Crippen molar-refractivity contribution in [2.45, 2.75) is 12.8 Å². The molecular formula is C13H12BrN. The van der Waals surface area contributed by atoms with Crippen LogP contribution in [-0.2, 0) is 13.5 Å². The van der Waals surface area contributed by atoms with E-state index < -0.39 is 0 Å². The Hall–Kier alpha value is -1.20. The van der Waals surface area contributed by atoms with Crippen molar-refractivity contribution in [1.82, 2.24) is 4.57 Å². The number of halogens is 1. The number of terminal acetylenes is 1. The van der Waals surface area contributed by atoms with Crippen molar-refractivity contribution in [2.24, 2.45) is 7.05 Å². The first kappa shape index (κ1) is 10.3. The maximum atomic E-state index is 5.30. The van der Waals surface area contributed by atoms with Gasteiger partial charge in [0.2, 0.25) is 0 Å². The van der Waals surface area contributed by atoms with E-state index in [9.17, 15) is 0 Å². The van der Waals surface area contributed by atoms with Gasteiger partial charge in [0.05, 0.1) is 0 Å². The summed E-state index contributed by atoms with van der Waals surface area (Å²) in [4.78, 5) is 0. The van der Waals surface area contributed by atoms with Crippen LogP contribution in [0.5, 0.6) is 0 Å². The van der Waals surface area contributed by atoms with Gasteiger partial charge in [-0.1, -0.05) is 18.2 Å². The van der Waals surface area contributed by atoms with Gasteiger partial charge in [-0.3, -0.25) is 0 Å². The Bertz CT molecular complexity index is 492. The summed E-state index contributed by atoms with van der Waals surface area (Å²) in [5.74, 6) is 2.68. The lowest BCUT2D eigenvalue weighted by Gasteiger charge is -2.02. The maximum absolute atomic E-state index is 5.30. The number of rotatable bonds is 2. The van der Waals surface area contributed by atoms with Gasteiger partial charge in [0.1, 0.15) is 0 Å². The number of hydrogen-bond donors (Lipinski definition) is 0. The number of aromatic nitrogens is 1. The van der Waals surface area contributed by atoms with Gasteiger partial charge < -0.3 is 4.57 Å². The lowest BCUT2D eigenvalue weighted by molar-refractivity contribution is 0.835. The van der Waals surface area contributed by atoms with Gasteiger partial charge in [-0.05, 0) is 28.4 Å². The summed E-state index contributed by atoms with van der Waals surface area (Å²) < 4.78 is 3.38. The van der Waals surface area contributed by atoms with Crippen molar-refractivity contribution in [3.8, 4) is 12.3 Å². The molecule has 2 heteroatoms. The van der Waals surface area contributed by atoms with E-state index in [1.54, 1.807) is 0 Å². The minimum atomic E-state index is 0.781. The smallest absolute Gasteiger partial charge is 0.0491 e. The molecule has 2 aromatic rings. The zero-order valence-electron chi connectivity index (χ0n) is 8.63. The van der Waals surface area contributed by atoms with Crippen molar-refractivity contribution >= 4 is 26.8 Å². The predicted molar refractivity (Wildman–Crippen MR) is 67.8 cm³/mol. The average molecular weight is 262 g/mol. The molecule has 0 atom stereocenters. The molecule has 0 aliphatic rings. The molecule has 76 valence electrons. The van der Waals surface area contributed by atoms with E-state index in [4.69, 9.17) is 6.42 Å². The molecule has 0 radical (unpaired) electrons. The van der Waals surface area contributed by atoms with E-state index in [2.05, 4.69) is 57.7 Å². The SMILES string of the molecule is C#CCCc1c(Br)c2ccccc2n1C. The second-order valence-electron chi connectivity index (χ2n) is 3.54. The van der Waals surface area contributed by atoms with Gasteiger partial charge in [0.25, 0.3) is 0 Å². The van der Waals surface area contributed by atoms with Gasteiger partial charge in [-0.15, -0.1) is 12.3 Å². The summed E-state index contributed by atoms with van der Waals surface area (Å²) in [7, 11) is 2.08. The molecule has 0 amide bonds. The topological polar surface area (TPSA) is 4.93 Å². The van der Waals surface area contributed by atoms with E-state index in [0.717, 1.165) is 12.8 Å². The Balaban J connectivity index is 2.60. The Kier molecular flexibility index (Phi) is 2.83. The highest BCUT2D eigenvalue weighted by atomic mass is 79.9. The first-order chi connectivity index (χ1) is 7.25. The van der Waals surface area contributed by atoms with E-state index in [1.165, 1.54) is 21.1 Å². The van der Waals surface area contributed by atoms with E-state index >= 15 is 0 Å². The molecule has 2 rings (SSSR count). The minimum absolute atomic E-state index is 0.781. The number of fused-ring (bicyclic) bond motifs is 1. The molecule has 1 nitrogen and oxygen atoms in total. The molecule has 0 bridgehead atoms. The molecule has 0 unspecified atom stereocenters. The van der Waals surface area contributed by atoms with Crippen LogP contribution < -0.4 is 0 Å². The van der Waals surface area contributed by atoms with Crippen LogP contribution in [0.2, 0.25) is 0 Å². The molecular weight excluding hydrogens is 250 g/mol. The highest BCUT2D eigenvalue weighted by Crippen LogP contribution is 2.30. The van der Waals surface area contributed by atoms with Crippen LogP contribution in [0, 0.1) is 12.3 Å². The zero-order chi connectivity index (χ0) is 10.8. The van der Waals surface area contributed by atoms with E-state index in [0.29, 0.717) is 0 Å². The largest absolute Gasteiger partial charge is 0.346 e. The predicted octanol–water partition coefficient (Wildman–Crippen LogP) is 3.51. The minimum Gasteiger partial charge on any atom is -0.346 e. The van der Waals surface area contributed by atoms with Crippen molar-refractivity contribution < 1.29 is 0 Å². The van der Waals surface area contributed by atoms with Crippen LogP contribution in [0.25, 0.3) is 10.9 Å². The fourth-order valence-electron chi connectivity index (χ4n) is 1.87. The third-order valence-corrected chi connectivity index (χ3v) is 3.55. The number of hydrogen-bond acceptors (Lipinski definition) is 0. The fraction of sp³-hybridized carbons (Fsp3) is 0.231. The standard InChI is InChI=1S/C13H12BrN/c1-3-4-8-12-13(14)10-7-5-6-9-11(10)15(12)2/h1,5-7,9H,4,8H2,2H3. The first-order valence-corrected chi connectivity index (χ1v) is 5.70. The van der Waals surface area contributed by atoms with Gasteiger partial charge in [0, 0.05) is 34.5 Å². The maximum Gasteiger partial charge on any atom is 0.0491 e. The van der Waals surface area contributed by atoms with Crippen molar-refractivity contribution in [1.29, 1.82) is 0 Å². The van der Waals surface area contributed by atoms with Crippen molar-refractivity contribution in [2.75, 3.05) is 0 Å². The molecule has 1 aromatic carbocycles. The summed E-state index contributed by atoms with van der Waals surface area (Å²) in [6, 6.07) is 8.36. The Morgan fingerprint density at radius 3 is 2.80 bits per heavy atom. The molecule has 15 heavy (non-hydrogen) atoms. The molecule has 1 heterocycles. The van der Waals surface area contributed by atoms with Crippen LogP contribution >= 0.6 is 15.9 Å². The summed E-state index contributed by atoms with van der Waals surface area (Å²) in [5.41, 5.74) is 2.52. The molecule has 0 saturated carbocycles. The van der Waals surface area contributed by atoms with Gasteiger partial charge in [-0.2, -0.15) is 0 Å². The van der Waals surface area contributed by atoms with Crippen molar-refractivity contribution in [3.63, 3.8) is 0 Å². The zero-order valence-corrected chi connectivity index (χ0v) is 10.2. The van der Waals surface area contributed by atoms with Crippen LogP contribution in [0.4, 0.5) is 0 Å². The summed E-state index contributed by atoms with van der Waals surface area (Å²) in [6.45, 7) is 0. The normalized spacial score (nSPS) is 10.5. The molecule has 0 N–H and O–H groups in total. The summed E-state index contributed by atoms with van der Waals surface area (Å²) in [5, 5.41) is 1.26. The van der Waals surface area contributed by atoms with Crippen LogP contribution in [0.15, 0.2) is 28.7 Å². The third kappa shape index (κ3) is 1.68. The Morgan fingerprint density at radius 2 is 2.13 bits per heavy atom. The molecule has 0 aliphatic carbocycles. The van der Waals surface area contributed by atoms with Gasteiger partial charge in [0.15, 0.2) is 0 Å². The molecule has 0 spiro atoms. The Morgan fingerprint density at radius 1 is 1.40 bits per heavy atom. The first-order valence-electron chi connectivity index (χ1n) is 4.91. The number of nitrogens with zero attached hydrogens (tertiary/aromatic N) is 1. The van der Waals surface area contributed by atoms with Crippen LogP contribution in [-0.4, -0.2) is 4.57 Å². The lowest BCUT2D eigenvalue weighted by Crippen LogP contribution is -1.95. The highest BCUT2D eigenvalue weighted by molar-refractivity contribution is 9.10. The number of aryl methyl sites for hydroxylation is 1. The quantitative estimate of drug-likeness (QED) is 0.730. The average Bonchev–Trinajstić information content (AvgIpc) is 2.51. The third-order valence-electron chi connectivity index (χ3n) is 2.67. The molecule has 1 aromatic heterocycles. The molecule has 0 saturated heterocycles. The second kappa shape index (κ2) is 4.12. The number of para-hydroxylation sites is 1. The molecule has 0 aliphatic heterocycles. The van der Waals surface area contributed by atoms with Gasteiger partial charge in [-0.25, -0.2) is 0 Å². The summed E-state index contributed by atoms with van der Waals surface area (Å²) >= 11 is 3.64. The van der Waals surface area contributed by atoms with Crippen LogP contribution in [0.1, 0.15) is 12.1 Å². The Labute approximate surface area is 98.2 Å². The fourth-order valence-corrected chi connectivity index (χ4v) is 2.67.